The highest BCUT2D eigenvalue weighted by atomic mass is 32.2. The summed E-state index contributed by atoms with van der Waals surface area (Å²) < 4.78 is 0. The van der Waals surface area contributed by atoms with Crippen LogP contribution in [0.1, 0.15) is 36.2 Å². The summed E-state index contributed by atoms with van der Waals surface area (Å²) in [7, 11) is 0. The second kappa shape index (κ2) is 3.82. The van der Waals surface area contributed by atoms with Crippen molar-refractivity contribution in [2.45, 2.75) is 20.3 Å². The SMILES string of the molecule is CC1(C)CCSC2=C1C(=O)C(=O)c1ccccc12. The predicted molar refractivity (Wildman–Crippen MR) is 73.6 cm³/mol. The normalized spacial score (nSPS) is 21.7. The van der Waals surface area contributed by atoms with Gasteiger partial charge in [-0.05, 0) is 23.2 Å². The molecule has 0 N–H and O–H groups in total. The van der Waals surface area contributed by atoms with Crippen LogP contribution in [0.25, 0.3) is 4.91 Å². The van der Waals surface area contributed by atoms with Crippen LogP contribution in [0.5, 0.6) is 0 Å². The lowest BCUT2D eigenvalue weighted by molar-refractivity contribution is -0.112. The molecule has 0 fully saturated rings. The number of Topliss-reactive ketones (excluding diaryl/α,β-unsaturated/α-hetero) is 2. The maximum absolute atomic E-state index is 12.3. The fourth-order valence-electron chi connectivity index (χ4n) is 2.65. The fraction of sp³-hybridized carbons (Fsp3) is 0.333. The lowest BCUT2D eigenvalue weighted by Crippen LogP contribution is -2.34. The van der Waals surface area contributed by atoms with Crippen LogP contribution in [0.4, 0.5) is 0 Å². The van der Waals surface area contributed by atoms with Crippen LogP contribution in [0.2, 0.25) is 0 Å². The number of ketones is 2. The van der Waals surface area contributed by atoms with Gasteiger partial charge < -0.3 is 0 Å². The summed E-state index contributed by atoms with van der Waals surface area (Å²) in [6.07, 6.45) is 0.942. The first-order chi connectivity index (χ1) is 8.52. The molecule has 18 heavy (non-hydrogen) atoms. The third-order valence-electron chi connectivity index (χ3n) is 3.73. The first-order valence-corrected chi connectivity index (χ1v) is 7.07. The molecule has 2 aliphatic rings. The largest absolute Gasteiger partial charge is 0.285 e. The monoisotopic (exact) mass is 258 g/mol. The van der Waals surface area contributed by atoms with Crippen LogP contribution in [0, 0.1) is 5.41 Å². The predicted octanol–water partition coefficient (Wildman–Crippen LogP) is 3.33. The molecule has 0 bridgehead atoms. The maximum Gasteiger partial charge on any atom is 0.233 e. The average molecular weight is 258 g/mol. The highest BCUT2D eigenvalue weighted by Gasteiger charge is 2.42. The summed E-state index contributed by atoms with van der Waals surface area (Å²) in [5, 5.41) is 0. The first-order valence-electron chi connectivity index (χ1n) is 6.08. The van der Waals surface area contributed by atoms with Crippen LogP contribution in [0.3, 0.4) is 0 Å². The molecular formula is C15H14O2S. The van der Waals surface area contributed by atoms with Gasteiger partial charge >= 0.3 is 0 Å². The Balaban J connectivity index is 2.33. The molecule has 92 valence electrons. The van der Waals surface area contributed by atoms with Crippen LogP contribution < -0.4 is 0 Å². The van der Waals surface area contributed by atoms with E-state index >= 15 is 0 Å². The fourth-order valence-corrected chi connectivity index (χ4v) is 4.31. The van der Waals surface area contributed by atoms with E-state index in [1.165, 1.54) is 0 Å². The van der Waals surface area contributed by atoms with Crippen LogP contribution in [0.15, 0.2) is 29.8 Å². The number of hydrogen-bond donors (Lipinski definition) is 0. The molecule has 0 saturated heterocycles. The van der Waals surface area contributed by atoms with Gasteiger partial charge in [-0.3, -0.25) is 9.59 Å². The number of thioether (sulfide) groups is 1. The molecule has 1 aliphatic carbocycles. The molecule has 3 rings (SSSR count). The van der Waals surface area contributed by atoms with Crippen molar-refractivity contribution in [3.63, 3.8) is 0 Å². The summed E-state index contributed by atoms with van der Waals surface area (Å²) in [5.74, 6) is 0.350. The second-order valence-electron chi connectivity index (χ2n) is 5.39. The van der Waals surface area contributed by atoms with Crippen LogP contribution in [-0.4, -0.2) is 17.3 Å². The Hall–Kier alpha value is -1.35. The Bertz CT molecular complexity index is 596. The lowest BCUT2D eigenvalue weighted by Gasteiger charge is -2.36. The number of carbonyl (C=O) groups is 2. The molecule has 0 saturated carbocycles. The molecule has 1 aromatic rings. The van der Waals surface area contributed by atoms with Crippen molar-refractivity contribution in [2.24, 2.45) is 5.41 Å². The topological polar surface area (TPSA) is 34.1 Å². The van der Waals surface area contributed by atoms with Crippen LogP contribution >= 0.6 is 11.8 Å². The highest BCUT2D eigenvalue weighted by Crippen LogP contribution is 2.50. The van der Waals surface area contributed by atoms with E-state index in [0.29, 0.717) is 5.56 Å². The average Bonchev–Trinajstić information content (AvgIpc) is 2.35. The number of allylic oxidation sites excluding steroid dienone is 1. The molecule has 1 aliphatic heterocycles. The van der Waals surface area contributed by atoms with Gasteiger partial charge in [0.15, 0.2) is 0 Å². The highest BCUT2D eigenvalue weighted by molar-refractivity contribution is 8.08. The number of fused-ring (bicyclic) bond motifs is 2. The second-order valence-corrected chi connectivity index (χ2v) is 6.50. The van der Waals surface area contributed by atoms with Crippen molar-refractivity contribution in [2.75, 3.05) is 5.75 Å². The summed E-state index contributed by atoms with van der Waals surface area (Å²) in [6.45, 7) is 4.11. The van der Waals surface area contributed by atoms with Gasteiger partial charge in [-0.25, -0.2) is 0 Å². The molecule has 2 nitrogen and oxygen atoms in total. The molecule has 1 aromatic carbocycles. The quantitative estimate of drug-likeness (QED) is 0.669. The Morgan fingerprint density at radius 2 is 1.72 bits per heavy atom. The summed E-state index contributed by atoms with van der Waals surface area (Å²) in [5.41, 5.74) is 2.03. The zero-order chi connectivity index (χ0) is 12.9. The minimum absolute atomic E-state index is 0.194. The number of hydrogen-bond acceptors (Lipinski definition) is 3. The van der Waals surface area contributed by atoms with E-state index in [0.717, 1.165) is 28.2 Å². The van der Waals surface area contributed by atoms with Crippen LogP contribution in [-0.2, 0) is 4.79 Å². The molecule has 0 spiro atoms. The van der Waals surface area contributed by atoms with Gasteiger partial charge in [-0.1, -0.05) is 38.1 Å². The van der Waals surface area contributed by atoms with Crippen molar-refractivity contribution in [3.05, 3.63) is 41.0 Å². The Labute approximate surface area is 110 Å². The number of benzene rings is 1. The minimum Gasteiger partial charge on any atom is -0.285 e. The van der Waals surface area contributed by atoms with Crippen molar-refractivity contribution in [3.8, 4) is 0 Å². The molecule has 3 heteroatoms. The van der Waals surface area contributed by atoms with E-state index in [2.05, 4.69) is 13.8 Å². The molecule has 0 aromatic heterocycles. The minimum atomic E-state index is -0.347. The lowest BCUT2D eigenvalue weighted by atomic mass is 9.74. The van der Waals surface area contributed by atoms with Gasteiger partial charge in [-0.2, -0.15) is 0 Å². The van der Waals surface area contributed by atoms with Crippen molar-refractivity contribution < 1.29 is 9.59 Å². The standard InChI is InChI=1S/C15H14O2S/c1-15(2)7-8-18-14-10-6-4-3-5-9(10)12(16)13(17)11(14)15/h3-6H,7-8H2,1-2H3. The van der Waals surface area contributed by atoms with Crippen molar-refractivity contribution in [1.29, 1.82) is 0 Å². The third kappa shape index (κ3) is 1.50. The zero-order valence-electron chi connectivity index (χ0n) is 10.4. The Morgan fingerprint density at radius 3 is 2.44 bits per heavy atom. The summed E-state index contributed by atoms with van der Waals surface area (Å²) in [6, 6.07) is 7.44. The summed E-state index contributed by atoms with van der Waals surface area (Å²) >= 11 is 1.70. The molecule has 0 unspecified atom stereocenters. The third-order valence-corrected chi connectivity index (χ3v) is 4.85. The molecule has 0 radical (unpaired) electrons. The van der Waals surface area contributed by atoms with E-state index in [1.54, 1.807) is 17.8 Å². The van der Waals surface area contributed by atoms with Gasteiger partial charge in [0.05, 0.1) is 0 Å². The van der Waals surface area contributed by atoms with E-state index in [1.807, 2.05) is 18.2 Å². The molecular weight excluding hydrogens is 244 g/mol. The smallest absolute Gasteiger partial charge is 0.233 e. The molecule has 1 heterocycles. The van der Waals surface area contributed by atoms with Gasteiger partial charge in [-0.15, -0.1) is 11.8 Å². The Kier molecular flexibility index (Phi) is 2.49. The molecule has 0 atom stereocenters. The van der Waals surface area contributed by atoms with Gasteiger partial charge in [0.2, 0.25) is 11.6 Å². The van der Waals surface area contributed by atoms with Gasteiger partial charge in [0.1, 0.15) is 0 Å². The van der Waals surface area contributed by atoms with E-state index in [9.17, 15) is 9.59 Å². The Morgan fingerprint density at radius 1 is 1.06 bits per heavy atom. The van der Waals surface area contributed by atoms with Gasteiger partial charge in [0, 0.05) is 16.0 Å². The van der Waals surface area contributed by atoms with Gasteiger partial charge in [0.25, 0.3) is 0 Å². The van der Waals surface area contributed by atoms with E-state index in [-0.39, 0.29) is 17.0 Å². The molecule has 0 amide bonds. The van der Waals surface area contributed by atoms with Crippen molar-refractivity contribution in [1.82, 2.24) is 0 Å². The van der Waals surface area contributed by atoms with E-state index in [4.69, 9.17) is 0 Å². The van der Waals surface area contributed by atoms with E-state index < -0.39 is 0 Å². The summed E-state index contributed by atoms with van der Waals surface area (Å²) in [4.78, 5) is 25.5. The number of rotatable bonds is 0. The maximum atomic E-state index is 12.3. The van der Waals surface area contributed by atoms with Crippen molar-refractivity contribution >= 4 is 28.2 Å². The first kappa shape index (κ1) is 11.7. The zero-order valence-corrected chi connectivity index (χ0v) is 11.3. The number of carbonyl (C=O) groups excluding carboxylic acids is 2.